The third-order valence-corrected chi connectivity index (χ3v) is 3.84. The predicted molar refractivity (Wildman–Crippen MR) is 90.9 cm³/mol. The van der Waals surface area contributed by atoms with Gasteiger partial charge in [-0.2, -0.15) is 0 Å². The van der Waals surface area contributed by atoms with Crippen molar-refractivity contribution in [3.8, 4) is 0 Å². The summed E-state index contributed by atoms with van der Waals surface area (Å²) in [6.45, 7) is 5.09. The highest BCUT2D eigenvalue weighted by Crippen LogP contribution is 2.31. The first-order valence-corrected chi connectivity index (χ1v) is 7.44. The fourth-order valence-electron chi connectivity index (χ4n) is 2.14. The number of anilines is 4. The largest absolute Gasteiger partial charge is 0.395 e. The number of hydrogen-bond acceptors (Lipinski definition) is 6. The molecule has 0 aliphatic rings. The molecule has 4 N–H and O–H groups in total. The van der Waals surface area contributed by atoms with E-state index in [1.165, 1.54) is 6.33 Å². The van der Waals surface area contributed by atoms with E-state index in [0.717, 1.165) is 11.3 Å². The van der Waals surface area contributed by atoms with E-state index < -0.39 is 0 Å². The van der Waals surface area contributed by atoms with Gasteiger partial charge in [0.1, 0.15) is 12.0 Å². The zero-order valence-electron chi connectivity index (χ0n) is 12.7. The van der Waals surface area contributed by atoms with E-state index in [2.05, 4.69) is 15.3 Å². The van der Waals surface area contributed by atoms with Crippen molar-refractivity contribution < 1.29 is 5.11 Å². The molecule has 2 rings (SSSR count). The number of aliphatic hydroxyl groups is 1. The standard InChI is InChI=1S/C15H20ClN5O/c1-3-21(7-8-22)15-13(17)14(18-9-19-15)20-12-6-4-5-11(16)10(12)2/h4-6,9,22H,3,7-8,17H2,1-2H3,(H,18,19,20). The molecule has 0 amide bonds. The Balaban J connectivity index is 2.34. The molecule has 1 heterocycles. The quantitative estimate of drug-likeness (QED) is 0.758. The molecule has 118 valence electrons. The third-order valence-electron chi connectivity index (χ3n) is 3.43. The first kappa shape index (κ1) is 16.3. The number of halogens is 1. The molecule has 6 nitrogen and oxygen atoms in total. The van der Waals surface area contributed by atoms with E-state index >= 15 is 0 Å². The second-order valence-electron chi connectivity index (χ2n) is 4.80. The summed E-state index contributed by atoms with van der Waals surface area (Å²) >= 11 is 6.13. The van der Waals surface area contributed by atoms with Gasteiger partial charge in [-0.15, -0.1) is 0 Å². The second kappa shape index (κ2) is 7.29. The molecule has 0 aliphatic carbocycles. The summed E-state index contributed by atoms with van der Waals surface area (Å²) in [6.07, 6.45) is 1.45. The van der Waals surface area contributed by atoms with Crippen molar-refractivity contribution in [3.05, 3.63) is 35.1 Å². The van der Waals surface area contributed by atoms with E-state index in [1.54, 1.807) is 0 Å². The van der Waals surface area contributed by atoms with Crippen LogP contribution in [0.1, 0.15) is 12.5 Å². The molecule has 1 aromatic carbocycles. The fourth-order valence-corrected chi connectivity index (χ4v) is 2.32. The summed E-state index contributed by atoms with van der Waals surface area (Å²) < 4.78 is 0. The first-order valence-electron chi connectivity index (χ1n) is 7.06. The van der Waals surface area contributed by atoms with Crippen molar-refractivity contribution in [2.45, 2.75) is 13.8 Å². The molecule has 0 saturated carbocycles. The molecular formula is C15H20ClN5O. The maximum absolute atomic E-state index is 9.14. The van der Waals surface area contributed by atoms with Gasteiger partial charge in [-0.05, 0) is 31.5 Å². The number of nitrogens with zero attached hydrogens (tertiary/aromatic N) is 3. The van der Waals surface area contributed by atoms with E-state index in [4.69, 9.17) is 22.4 Å². The van der Waals surface area contributed by atoms with Crippen LogP contribution in [-0.4, -0.2) is 34.8 Å². The minimum atomic E-state index is 0.0352. The van der Waals surface area contributed by atoms with Gasteiger partial charge >= 0.3 is 0 Å². The summed E-state index contributed by atoms with van der Waals surface area (Å²) in [5, 5.41) is 13.0. The van der Waals surface area contributed by atoms with Crippen molar-refractivity contribution in [1.29, 1.82) is 0 Å². The summed E-state index contributed by atoms with van der Waals surface area (Å²) in [4.78, 5) is 10.3. The fraction of sp³-hybridized carbons (Fsp3) is 0.333. The van der Waals surface area contributed by atoms with Crippen molar-refractivity contribution in [2.24, 2.45) is 0 Å². The molecule has 0 fully saturated rings. The molecule has 0 spiro atoms. The number of likely N-dealkylation sites (N-methyl/N-ethyl adjacent to an activating group) is 1. The van der Waals surface area contributed by atoms with Crippen molar-refractivity contribution in [1.82, 2.24) is 9.97 Å². The number of nitrogens with two attached hydrogens (primary N) is 1. The lowest BCUT2D eigenvalue weighted by molar-refractivity contribution is 0.302. The van der Waals surface area contributed by atoms with Crippen LogP contribution in [0.25, 0.3) is 0 Å². The first-order chi connectivity index (χ1) is 10.6. The number of nitrogen functional groups attached to an aromatic ring is 1. The van der Waals surface area contributed by atoms with Crippen LogP contribution in [0.15, 0.2) is 24.5 Å². The van der Waals surface area contributed by atoms with E-state index in [1.807, 2.05) is 36.9 Å². The van der Waals surface area contributed by atoms with Crippen LogP contribution in [0.2, 0.25) is 5.02 Å². The average molecular weight is 322 g/mol. The predicted octanol–water partition coefficient (Wildman–Crippen LogP) is 2.58. The maximum Gasteiger partial charge on any atom is 0.159 e. The van der Waals surface area contributed by atoms with E-state index in [9.17, 15) is 0 Å². The summed E-state index contributed by atoms with van der Waals surface area (Å²) in [6, 6.07) is 5.60. The van der Waals surface area contributed by atoms with Gasteiger partial charge in [0.05, 0.1) is 6.61 Å². The van der Waals surface area contributed by atoms with Crippen molar-refractivity contribution >= 4 is 34.6 Å². The Morgan fingerprint density at radius 1 is 1.36 bits per heavy atom. The molecule has 0 atom stereocenters. The van der Waals surface area contributed by atoms with Gasteiger partial charge in [0.15, 0.2) is 11.6 Å². The SMILES string of the molecule is CCN(CCO)c1ncnc(Nc2cccc(Cl)c2C)c1N. The minimum Gasteiger partial charge on any atom is -0.395 e. The van der Waals surface area contributed by atoms with E-state index in [-0.39, 0.29) is 6.61 Å². The molecule has 7 heteroatoms. The van der Waals surface area contributed by atoms with Crippen LogP contribution in [0.5, 0.6) is 0 Å². The summed E-state index contributed by atoms with van der Waals surface area (Å²) in [5.41, 5.74) is 8.39. The van der Waals surface area contributed by atoms with Crippen molar-refractivity contribution in [2.75, 3.05) is 35.6 Å². The molecule has 2 aromatic rings. The van der Waals surface area contributed by atoms with Gasteiger partial charge in [-0.1, -0.05) is 17.7 Å². The molecule has 0 unspecified atom stereocenters. The van der Waals surface area contributed by atoms with Crippen LogP contribution in [0.3, 0.4) is 0 Å². The number of benzene rings is 1. The molecule has 0 aliphatic heterocycles. The smallest absolute Gasteiger partial charge is 0.159 e. The molecule has 0 saturated heterocycles. The second-order valence-corrected chi connectivity index (χ2v) is 5.21. The van der Waals surface area contributed by atoms with Gasteiger partial charge in [0.2, 0.25) is 0 Å². The monoisotopic (exact) mass is 321 g/mol. The Hall–Kier alpha value is -2.05. The molecule has 0 radical (unpaired) electrons. The van der Waals surface area contributed by atoms with Gasteiger partial charge in [-0.3, -0.25) is 0 Å². The Labute approximate surface area is 134 Å². The van der Waals surface area contributed by atoms with E-state index in [0.29, 0.717) is 35.4 Å². The molecular weight excluding hydrogens is 302 g/mol. The molecule has 22 heavy (non-hydrogen) atoms. The van der Waals surface area contributed by atoms with Crippen LogP contribution in [0.4, 0.5) is 23.0 Å². The Morgan fingerprint density at radius 3 is 2.82 bits per heavy atom. The lowest BCUT2D eigenvalue weighted by atomic mass is 10.2. The number of aromatic nitrogens is 2. The minimum absolute atomic E-state index is 0.0352. The lowest BCUT2D eigenvalue weighted by Gasteiger charge is -2.23. The zero-order valence-corrected chi connectivity index (χ0v) is 13.4. The number of aliphatic hydroxyl groups excluding tert-OH is 1. The number of rotatable bonds is 6. The Bertz CT molecular complexity index is 650. The summed E-state index contributed by atoms with van der Waals surface area (Å²) in [7, 11) is 0. The number of hydrogen-bond donors (Lipinski definition) is 3. The highest BCUT2D eigenvalue weighted by Gasteiger charge is 2.14. The van der Waals surface area contributed by atoms with Crippen LogP contribution >= 0.6 is 11.6 Å². The topological polar surface area (TPSA) is 87.3 Å². The maximum atomic E-state index is 9.14. The van der Waals surface area contributed by atoms with Crippen LogP contribution in [0, 0.1) is 6.92 Å². The Morgan fingerprint density at radius 2 is 2.14 bits per heavy atom. The van der Waals surface area contributed by atoms with Crippen LogP contribution < -0.4 is 16.0 Å². The highest BCUT2D eigenvalue weighted by atomic mass is 35.5. The van der Waals surface area contributed by atoms with Crippen molar-refractivity contribution in [3.63, 3.8) is 0 Å². The summed E-state index contributed by atoms with van der Waals surface area (Å²) in [5.74, 6) is 1.13. The number of nitrogens with one attached hydrogen (secondary N) is 1. The van der Waals surface area contributed by atoms with Gasteiger partial charge in [-0.25, -0.2) is 9.97 Å². The lowest BCUT2D eigenvalue weighted by Crippen LogP contribution is -2.28. The average Bonchev–Trinajstić information content (AvgIpc) is 2.52. The van der Waals surface area contributed by atoms with Gasteiger partial charge < -0.3 is 21.1 Å². The molecule has 0 bridgehead atoms. The molecule has 1 aromatic heterocycles. The Kier molecular flexibility index (Phi) is 5.41. The van der Waals surface area contributed by atoms with Gasteiger partial charge in [0, 0.05) is 23.8 Å². The normalized spacial score (nSPS) is 10.5. The zero-order chi connectivity index (χ0) is 16.1. The third kappa shape index (κ3) is 3.40. The van der Waals surface area contributed by atoms with Gasteiger partial charge in [0.25, 0.3) is 0 Å². The van der Waals surface area contributed by atoms with Crippen LogP contribution in [-0.2, 0) is 0 Å². The highest BCUT2D eigenvalue weighted by molar-refractivity contribution is 6.31.